The number of nitrogens with one attached hydrogen (secondary N) is 1. The van der Waals surface area contributed by atoms with Crippen LogP contribution in [0.1, 0.15) is 45.6 Å². The van der Waals surface area contributed by atoms with Crippen molar-refractivity contribution in [3.05, 3.63) is 29.8 Å². The third-order valence-electron chi connectivity index (χ3n) is 3.93. The lowest BCUT2D eigenvalue weighted by Gasteiger charge is -2.31. The molecule has 0 aliphatic rings. The van der Waals surface area contributed by atoms with Crippen molar-refractivity contribution in [3.63, 3.8) is 0 Å². The lowest BCUT2D eigenvalue weighted by molar-refractivity contribution is 0.154. The zero-order valence-corrected chi connectivity index (χ0v) is 14.3. The first-order valence-corrected chi connectivity index (χ1v) is 8.03. The van der Waals surface area contributed by atoms with Crippen molar-refractivity contribution in [1.82, 2.24) is 5.32 Å². The summed E-state index contributed by atoms with van der Waals surface area (Å²) >= 11 is 0. The van der Waals surface area contributed by atoms with Crippen molar-refractivity contribution in [2.75, 3.05) is 25.1 Å². The van der Waals surface area contributed by atoms with Gasteiger partial charge >= 0.3 is 0 Å². The maximum Gasteiger partial charge on any atom is 0.0610 e. The molecule has 0 aromatic heterocycles. The highest BCUT2D eigenvalue weighted by Crippen LogP contribution is 2.17. The van der Waals surface area contributed by atoms with E-state index in [4.69, 9.17) is 0 Å². The standard InChI is InChI=1S/C18H32N2O/c1-15(2)19-18(4,14-21)12-6-7-13-20(5)17-10-8-16(3)9-11-17/h8-11,15,19,21H,6-7,12-14H2,1-5H3. The van der Waals surface area contributed by atoms with E-state index >= 15 is 0 Å². The molecule has 1 aromatic carbocycles. The predicted octanol–water partition coefficient (Wildman–Crippen LogP) is 3.35. The molecule has 0 fully saturated rings. The van der Waals surface area contributed by atoms with E-state index in [1.165, 1.54) is 11.3 Å². The normalized spacial score (nSPS) is 14.2. The summed E-state index contributed by atoms with van der Waals surface area (Å²) < 4.78 is 0. The van der Waals surface area contributed by atoms with Crippen LogP contribution in [0.5, 0.6) is 0 Å². The van der Waals surface area contributed by atoms with Crippen LogP contribution in [0.4, 0.5) is 5.69 Å². The first-order chi connectivity index (χ1) is 9.86. The maximum absolute atomic E-state index is 9.57. The molecule has 0 aliphatic heterocycles. The van der Waals surface area contributed by atoms with Gasteiger partial charge in [-0.3, -0.25) is 0 Å². The minimum absolute atomic E-state index is 0.156. The van der Waals surface area contributed by atoms with Gasteiger partial charge in [0.25, 0.3) is 0 Å². The van der Waals surface area contributed by atoms with E-state index in [0.717, 1.165) is 25.8 Å². The van der Waals surface area contributed by atoms with Crippen LogP contribution >= 0.6 is 0 Å². The zero-order valence-electron chi connectivity index (χ0n) is 14.3. The van der Waals surface area contributed by atoms with Crippen LogP contribution in [-0.2, 0) is 0 Å². The second-order valence-corrected chi connectivity index (χ2v) is 6.73. The van der Waals surface area contributed by atoms with E-state index in [-0.39, 0.29) is 12.1 Å². The first kappa shape index (κ1) is 18.0. The molecule has 0 amide bonds. The number of rotatable bonds is 9. The quantitative estimate of drug-likeness (QED) is 0.685. The summed E-state index contributed by atoms with van der Waals surface area (Å²) in [5.41, 5.74) is 2.41. The summed E-state index contributed by atoms with van der Waals surface area (Å²) in [6, 6.07) is 9.06. The number of aryl methyl sites for hydroxylation is 1. The van der Waals surface area contributed by atoms with E-state index in [9.17, 15) is 5.11 Å². The van der Waals surface area contributed by atoms with Crippen molar-refractivity contribution < 1.29 is 5.11 Å². The highest BCUT2D eigenvalue weighted by atomic mass is 16.3. The second kappa shape index (κ2) is 8.40. The van der Waals surface area contributed by atoms with Gasteiger partial charge in [0.15, 0.2) is 0 Å². The molecule has 0 saturated heterocycles. The van der Waals surface area contributed by atoms with E-state index in [1.54, 1.807) is 0 Å². The summed E-state index contributed by atoms with van der Waals surface area (Å²) in [5.74, 6) is 0. The van der Waals surface area contributed by atoms with Crippen LogP contribution in [0.25, 0.3) is 0 Å². The molecular weight excluding hydrogens is 260 g/mol. The number of benzene rings is 1. The Labute approximate surface area is 130 Å². The molecule has 0 aliphatic carbocycles. The van der Waals surface area contributed by atoms with Crippen LogP contribution in [0.3, 0.4) is 0 Å². The van der Waals surface area contributed by atoms with Gasteiger partial charge in [-0.25, -0.2) is 0 Å². The lowest BCUT2D eigenvalue weighted by atomic mass is 9.94. The molecule has 0 bridgehead atoms. The zero-order chi connectivity index (χ0) is 15.9. The molecule has 1 unspecified atom stereocenters. The Hall–Kier alpha value is -1.06. The maximum atomic E-state index is 9.57. The van der Waals surface area contributed by atoms with Gasteiger partial charge in [-0.15, -0.1) is 0 Å². The summed E-state index contributed by atoms with van der Waals surface area (Å²) in [7, 11) is 2.14. The van der Waals surface area contributed by atoms with Crippen molar-refractivity contribution in [2.24, 2.45) is 0 Å². The molecule has 3 nitrogen and oxygen atoms in total. The Morgan fingerprint density at radius 2 is 1.81 bits per heavy atom. The number of hydrogen-bond acceptors (Lipinski definition) is 3. The smallest absolute Gasteiger partial charge is 0.0610 e. The van der Waals surface area contributed by atoms with Crippen molar-refractivity contribution in [1.29, 1.82) is 0 Å². The number of aliphatic hydroxyl groups excluding tert-OH is 1. The number of unbranched alkanes of at least 4 members (excludes halogenated alkanes) is 1. The van der Waals surface area contributed by atoms with Gasteiger partial charge in [-0.2, -0.15) is 0 Å². The molecule has 0 spiro atoms. The van der Waals surface area contributed by atoms with Crippen molar-refractivity contribution in [3.8, 4) is 0 Å². The van der Waals surface area contributed by atoms with Gasteiger partial charge in [0.2, 0.25) is 0 Å². The summed E-state index contributed by atoms with van der Waals surface area (Å²) in [6.07, 6.45) is 3.26. The molecule has 0 heterocycles. The molecule has 2 N–H and O–H groups in total. The monoisotopic (exact) mass is 292 g/mol. The molecule has 1 atom stereocenters. The Morgan fingerprint density at radius 3 is 2.33 bits per heavy atom. The van der Waals surface area contributed by atoms with Gasteiger partial charge in [-0.1, -0.05) is 31.5 Å². The van der Waals surface area contributed by atoms with Gasteiger partial charge in [-0.05, 0) is 45.2 Å². The summed E-state index contributed by atoms with van der Waals surface area (Å²) in [6.45, 7) is 9.71. The average Bonchev–Trinajstić information content (AvgIpc) is 2.43. The van der Waals surface area contributed by atoms with E-state index in [1.807, 2.05) is 0 Å². The van der Waals surface area contributed by atoms with Crippen molar-refractivity contribution >= 4 is 5.69 Å². The third-order valence-corrected chi connectivity index (χ3v) is 3.93. The predicted molar refractivity (Wildman–Crippen MR) is 92.1 cm³/mol. The molecule has 21 heavy (non-hydrogen) atoms. The van der Waals surface area contributed by atoms with E-state index in [0.29, 0.717) is 6.04 Å². The number of nitrogens with zero attached hydrogens (tertiary/aromatic N) is 1. The lowest BCUT2D eigenvalue weighted by Crippen LogP contribution is -2.49. The Morgan fingerprint density at radius 1 is 1.19 bits per heavy atom. The van der Waals surface area contributed by atoms with Gasteiger partial charge in [0.1, 0.15) is 0 Å². The largest absolute Gasteiger partial charge is 0.394 e. The molecule has 120 valence electrons. The molecule has 0 radical (unpaired) electrons. The summed E-state index contributed by atoms with van der Waals surface area (Å²) in [5, 5.41) is 13.0. The number of anilines is 1. The second-order valence-electron chi connectivity index (χ2n) is 6.73. The minimum Gasteiger partial charge on any atom is -0.394 e. The highest BCUT2D eigenvalue weighted by Gasteiger charge is 2.22. The van der Waals surface area contributed by atoms with Crippen molar-refractivity contribution in [2.45, 2.75) is 58.5 Å². The minimum atomic E-state index is -0.156. The molecule has 3 heteroatoms. The fourth-order valence-corrected chi connectivity index (χ4v) is 2.69. The van der Waals surface area contributed by atoms with Gasteiger partial charge in [0.05, 0.1) is 6.61 Å². The molecule has 0 saturated carbocycles. The van der Waals surface area contributed by atoms with E-state index in [2.05, 4.69) is 69.2 Å². The van der Waals surface area contributed by atoms with Crippen LogP contribution in [0.15, 0.2) is 24.3 Å². The number of aliphatic hydroxyl groups is 1. The van der Waals surface area contributed by atoms with Gasteiger partial charge in [0, 0.05) is 30.9 Å². The number of hydrogen-bond donors (Lipinski definition) is 2. The van der Waals surface area contributed by atoms with Crippen LogP contribution in [0.2, 0.25) is 0 Å². The third kappa shape index (κ3) is 6.49. The highest BCUT2D eigenvalue weighted by molar-refractivity contribution is 5.46. The topological polar surface area (TPSA) is 35.5 Å². The Balaban J connectivity index is 2.34. The molecule has 1 aromatic rings. The van der Waals surface area contributed by atoms with Gasteiger partial charge < -0.3 is 15.3 Å². The molecule has 1 rings (SSSR count). The Bertz CT molecular complexity index is 402. The first-order valence-electron chi connectivity index (χ1n) is 8.03. The van der Waals surface area contributed by atoms with Crippen LogP contribution in [-0.4, -0.2) is 36.9 Å². The summed E-state index contributed by atoms with van der Waals surface area (Å²) in [4.78, 5) is 2.30. The Kier molecular flexibility index (Phi) is 7.20. The molecular formula is C18H32N2O. The van der Waals surface area contributed by atoms with Crippen LogP contribution < -0.4 is 10.2 Å². The SMILES string of the molecule is Cc1ccc(N(C)CCCCC(C)(CO)NC(C)C)cc1. The van der Waals surface area contributed by atoms with E-state index < -0.39 is 0 Å². The fraction of sp³-hybridized carbons (Fsp3) is 0.667. The average molecular weight is 292 g/mol. The fourth-order valence-electron chi connectivity index (χ4n) is 2.69. The van der Waals surface area contributed by atoms with Crippen LogP contribution in [0, 0.1) is 6.92 Å².